The first-order valence-electron chi connectivity index (χ1n) is 20.0. The summed E-state index contributed by atoms with van der Waals surface area (Å²) < 4.78 is 12.5. The van der Waals surface area contributed by atoms with E-state index in [-0.39, 0.29) is 0 Å². The molecule has 284 valence electrons. The Morgan fingerprint density at radius 1 is 0.464 bits per heavy atom. The number of benzene rings is 6. The largest absolute Gasteiger partial charge is 0.496 e. The van der Waals surface area contributed by atoms with Crippen LogP contribution in [0.15, 0.2) is 152 Å². The zero-order valence-corrected chi connectivity index (χ0v) is 33.4. The summed E-state index contributed by atoms with van der Waals surface area (Å²) in [5, 5.41) is 0. The van der Waals surface area contributed by atoms with Gasteiger partial charge in [0, 0.05) is 28.2 Å². The molecule has 0 heterocycles. The van der Waals surface area contributed by atoms with Crippen LogP contribution in [-0.2, 0) is 0 Å². The lowest BCUT2D eigenvalue weighted by Crippen LogP contribution is -2.09. The van der Waals surface area contributed by atoms with E-state index in [0.717, 1.165) is 68.7 Å². The Balaban J connectivity index is 1.21. The normalized spacial score (nSPS) is 12.2. The van der Waals surface area contributed by atoms with Crippen molar-refractivity contribution in [1.29, 1.82) is 0 Å². The van der Waals surface area contributed by atoms with Gasteiger partial charge in [0.1, 0.15) is 11.5 Å². The van der Waals surface area contributed by atoms with E-state index in [1.807, 2.05) is 12.1 Å². The first kappa shape index (κ1) is 39.6. The van der Waals surface area contributed by atoms with Crippen LogP contribution < -0.4 is 14.4 Å². The zero-order chi connectivity index (χ0) is 39.0. The zero-order valence-electron chi connectivity index (χ0n) is 33.4. The molecule has 0 aliphatic rings. The third-order valence-electron chi connectivity index (χ3n) is 10.0. The summed E-state index contributed by atoms with van der Waals surface area (Å²) in [6.07, 6.45) is 17.6. The smallest absolute Gasteiger partial charge is 0.127 e. The number of methoxy groups -OCH3 is 1. The summed E-state index contributed by atoms with van der Waals surface area (Å²) in [4.78, 5) is 2.29. The highest BCUT2D eigenvalue weighted by molar-refractivity contribution is 5.81. The van der Waals surface area contributed by atoms with Gasteiger partial charge in [0.15, 0.2) is 0 Å². The van der Waals surface area contributed by atoms with Crippen LogP contribution in [0.1, 0.15) is 79.8 Å². The Bertz CT molecular complexity index is 2150. The van der Waals surface area contributed by atoms with Gasteiger partial charge in [-0.05, 0) is 89.0 Å². The van der Waals surface area contributed by atoms with Crippen LogP contribution in [0.25, 0.3) is 36.5 Å². The van der Waals surface area contributed by atoms with E-state index in [0.29, 0.717) is 12.5 Å². The molecule has 0 aromatic heterocycles. The van der Waals surface area contributed by atoms with Gasteiger partial charge >= 0.3 is 0 Å². The number of hydrogen-bond acceptors (Lipinski definition) is 3. The molecule has 0 bridgehead atoms. The second kappa shape index (κ2) is 20.6. The molecule has 3 heteroatoms. The lowest BCUT2D eigenvalue weighted by atomic mass is 9.97. The Morgan fingerprint density at radius 2 is 0.893 bits per heavy atom. The van der Waals surface area contributed by atoms with Crippen LogP contribution in [0.2, 0.25) is 0 Å². The first-order chi connectivity index (χ1) is 27.4. The topological polar surface area (TPSA) is 21.7 Å². The minimum absolute atomic E-state index is 0.622. The summed E-state index contributed by atoms with van der Waals surface area (Å²) >= 11 is 0. The van der Waals surface area contributed by atoms with E-state index in [2.05, 4.69) is 202 Å². The monoisotopic (exact) mass is 737 g/mol. The summed E-state index contributed by atoms with van der Waals surface area (Å²) in [6, 6.07) is 52.9. The van der Waals surface area contributed by atoms with Crippen molar-refractivity contribution in [1.82, 2.24) is 0 Å². The lowest BCUT2D eigenvalue weighted by Gasteiger charge is -2.25. The van der Waals surface area contributed by atoms with Crippen LogP contribution in [-0.4, -0.2) is 13.7 Å². The minimum atomic E-state index is 0.622. The van der Waals surface area contributed by atoms with Crippen molar-refractivity contribution in [3.63, 3.8) is 0 Å². The van der Waals surface area contributed by atoms with Gasteiger partial charge in [0.25, 0.3) is 0 Å². The molecule has 1 unspecified atom stereocenters. The van der Waals surface area contributed by atoms with Gasteiger partial charge in [-0.3, -0.25) is 0 Å². The van der Waals surface area contributed by atoms with E-state index < -0.39 is 0 Å². The summed E-state index contributed by atoms with van der Waals surface area (Å²) in [7, 11) is 1.73. The lowest BCUT2D eigenvalue weighted by molar-refractivity contribution is 0.275. The fourth-order valence-corrected chi connectivity index (χ4v) is 6.73. The van der Waals surface area contributed by atoms with Crippen LogP contribution in [0, 0.1) is 11.8 Å². The maximum Gasteiger partial charge on any atom is 0.127 e. The second-order valence-corrected chi connectivity index (χ2v) is 14.9. The van der Waals surface area contributed by atoms with E-state index >= 15 is 0 Å². The quantitative estimate of drug-likeness (QED) is 0.0820. The van der Waals surface area contributed by atoms with Gasteiger partial charge in [-0.1, -0.05) is 180 Å². The molecule has 0 fully saturated rings. The third kappa shape index (κ3) is 11.7. The van der Waals surface area contributed by atoms with Crippen LogP contribution in [0.5, 0.6) is 11.5 Å². The Kier molecular flexibility index (Phi) is 14.6. The highest BCUT2D eigenvalue weighted by atomic mass is 16.5. The fraction of sp³-hybridized carbons (Fsp3) is 0.208. The predicted molar refractivity (Wildman–Crippen MR) is 242 cm³/mol. The Morgan fingerprint density at radius 3 is 1.39 bits per heavy atom. The van der Waals surface area contributed by atoms with E-state index in [1.54, 1.807) is 7.11 Å². The number of para-hydroxylation sites is 1. The molecule has 0 spiro atoms. The molecule has 1 atom stereocenters. The average Bonchev–Trinajstić information content (AvgIpc) is 3.23. The number of hydrogen-bond donors (Lipinski definition) is 0. The molecule has 6 rings (SSSR count). The van der Waals surface area contributed by atoms with Crippen molar-refractivity contribution in [2.75, 3.05) is 18.6 Å². The first-order valence-corrected chi connectivity index (χ1v) is 20.0. The molecule has 56 heavy (non-hydrogen) atoms. The van der Waals surface area contributed by atoms with E-state index in [1.165, 1.54) is 24.8 Å². The van der Waals surface area contributed by atoms with Crippen molar-refractivity contribution in [3.8, 4) is 11.5 Å². The molecule has 0 N–H and O–H groups in total. The highest BCUT2D eigenvalue weighted by Gasteiger charge is 2.13. The number of nitrogens with zero attached hydrogens (tertiary/aromatic N) is 1. The molecule has 0 radical (unpaired) electrons. The van der Waals surface area contributed by atoms with E-state index in [4.69, 9.17) is 9.47 Å². The molecular formula is C53H55NO2. The second-order valence-electron chi connectivity index (χ2n) is 14.9. The average molecular weight is 738 g/mol. The summed E-state index contributed by atoms with van der Waals surface area (Å²) in [5.74, 6) is 3.04. The van der Waals surface area contributed by atoms with Gasteiger partial charge in [-0.25, -0.2) is 0 Å². The van der Waals surface area contributed by atoms with Crippen molar-refractivity contribution < 1.29 is 9.47 Å². The number of ether oxygens (including phenoxy) is 2. The minimum Gasteiger partial charge on any atom is -0.496 e. The van der Waals surface area contributed by atoms with Crippen molar-refractivity contribution in [3.05, 3.63) is 185 Å². The maximum atomic E-state index is 6.53. The Labute approximate surface area is 335 Å². The van der Waals surface area contributed by atoms with Gasteiger partial charge in [-0.2, -0.15) is 0 Å². The summed E-state index contributed by atoms with van der Waals surface area (Å²) in [5.41, 5.74) is 9.83. The van der Waals surface area contributed by atoms with Crippen molar-refractivity contribution in [2.24, 2.45) is 11.8 Å². The van der Waals surface area contributed by atoms with Gasteiger partial charge in [0.05, 0.1) is 13.7 Å². The van der Waals surface area contributed by atoms with E-state index in [9.17, 15) is 0 Å². The standard InChI is InChI=1S/C53H55NO2/c1-41(2)15-14-16-42(3)37-38-56-53-40-47(52(55-4)39-48(53)32-25-44-19-10-6-11-20-44)31-26-46-29-35-51(36-30-46)54(49-21-12-7-13-22-49)50-33-27-45(28-34-50)24-23-43-17-8-5-9-18-43/h5-13,17-36,39-42H,14-16,37-38H2,1-4H3/b24-23+,31-26+,32-25+. The van der Waals surface area contributed by atoms with Crippen LogP contribution in [0.3, 0.4) is 0 Å². The van der Waals surface area contributed by atoms with Crippen molar-refractivity contribution >= 4 is 53.5 Å². The fourth-order valence-electron chi connectivity index (χ4n) is 6.73. The highest BCUT2D eigenvalue weighted by Crippen LogP contribution is 2.36. The van der Waals surface area contributed by atoms with Crippen molar-refractivity contribution in [2.45, 2.75) is 46.5 Å². The maximum absolute atomic E-state index is 6.53. The molecule has 6 aromatic rings. The van der Waals surface area contributed by atoms with Gasteiger partial charge in [0.2, 0.25) is 0 Å². The van der Waals surface area contributed by atoms with Gasteiger partial charge < -0.3 is 14.4 Å². The molecule has 0 aliphatic carbocycles. The third-order valence-corrected chi connectivity index (χ3v) is 10.0. The van der Waals surface area contributed by atoms with Crippen LogP contribution >= 0.6 is 0 Å². The molecule has 3 nitrogen and oxygen atoms in total. The predicted octanol–water partition coefficient (Wildman–Crippen LogP) is 14.9. The number of rotatable bonds is 18. The Hall–Kier alpha value is -6.06. The molecule has 0 saturated heterocycles. The molecule has 0 amide bonds. The molecule has 0 aliphatic heterocycles. The number of anilines is 3. The van der Waals surface area contributed by atoms with Crippen LogP contribution in [0.4, 0.5) is 17.1 Å². The molecule has 0 saturated carbocycles. The molecular weight excluding hydrogens is 683 g/mol. The summed E-state index contributed by atoms with van der Waals surface area (Å²) in [6.45, 7) is 7.62. The SMILES string of the molecule is COc1cc(/C=C/c2ccccc2)c(OCCC(C)CCCC(C)C)cc1/C=C/c1ccc(N(c2ccccc2)c2ccc(/C=C/c3ccccc3)cc2)cc1. The molecule has 6 aromatic carbocycles. The van der Waals surface area contributed by atoms with Gasteiger partial charge in [-0.15, -0.1) is 0 Å².